The van der Waals surface area contributed by atoms with E-state index in [9.17, 15) is 13.2 Å². The van der Waals surface area contributed by atoms with Crippen LogP contribution in [-0.4, -0.2) is 55.0 Å². The first-order valence-electron chi connectivity index (χ1n) is 15.6. The number of nitrogens with one attached hydrogen (secondary N) is 1. The van der Waals surface area contributed by atoms with Crippen LogP contribution in [0.15, 0.2) is 71.7 Å². The van der Waals surface area contributed by atoms with Crippen molar-refractivity contribution in [2.45, 2.75) is 57.9 Å². The molecular formula is C35H41F3N4O. The van der Waals surface area contributed by atoms with Gasteiger partial charge in [0, 0.05) is 31.7 Å². The lowest BCUT2D eigenvalue weighted by atomic mass is 9.93. The Morgan fingerprint density at radius 1 is 0.884 bits per heavy atom. The normalized spacial score (nSPS) is 18.5. The Morgan fingerprint density at radius 2 is 1.70 bits per heavy atom. The molecule has 3 aliphatic rings. The van der Waals surface area contributed by atoms with Crippen molar-refractivity contribution in [3.8, 4) is 5.75 Å². The van der Waals surface area contributed by atoms with Gasteiger partial charge >= 0.3 is 6.18 Å². The molecule has 0 unspecified atom stereocenters. The fourth-order valence-corrected chi connectivity index (χ4v) is 6.60. The van der Waals surface area contributed by atoms with Crippen molar-refractivity contribution in [3.05, 3.63) is 100 Å². The average molecular weight is 591 g/mol. The summed E-state index contributed by atoms with van der Waals surface area (Å²) in [6, 6.07) is 21.0. The highest BCUT2D eigenvalue weighted by Gasteiger charge is 2.33. The third kappa shape index (κ3) is 7.78. The molecule has 6 rings (SSSR count). The molecule has 1 N–H and O–H groups in total. The Morgan fingerprint density at radius 3 is 2.47 bits per heavy atom. The van der Waals surface area contributed by atoms with E-state index in [1.165, 1.54) is 41.7 Å². The largest absolute Gasteiger partial charge is 0.494 e. The molecule has 8 heteroatoms. The van der Waals surface area contributed by atoms with Gasteiger partial charge in [-0.25, -0.2) is 0 Å². The van der Waals surface area contributed by atoms with E-state index in [2.05, 4.69) is 62.6 Å². The van der Waals surface area contributed by atoms with Crippen molar-refractivity contribution < 1.29 is 17.9 Å². The molecule has 0 atom stereocenters. The first kappa shape index (κ1) is 29.7. The summed E-state index contributed by atoms with van der Waals surface area (Å²) in [7, 11) is 0. The molecule has 43 heavy (non-hydrogen) atoms. The second kappa shape index (κ2) is 13.5. The number of amidine groups is 1. The number of halogens is 3. The van der Waals surface area contributed by atoms with Crippen LogP contribution in [0.4, 0.5) is 13.2 Å². The summed E-state index contributed by atoms with van der Waals surface area (Å²) >= 11 is 0. The average Bonchev–Trinajstić information content (AvgIpc) is 3.47. The summed E-state index contributed by atoms with van der Waals surface area (Å²) < 4.78 is 46.9. The van der Waals surface area contributed by atoms with Crippen LogP contribution in [-0.2, 0) is 32.2 Å². The number of alkyl halides is 3. The van der Waals surface area contributed by atoms with Crippen LogP contribution in [0.1, 0.15) is 59.1 Å². The first-order valence-corrected chi connectivity index (χ1v) is 15.6. The molecule has 3 aliphatic heterocycles. The number of likely N-dealkylation sites (tertiary alicyclic amines) is 1. The number of benzene rings is 3. The molecular weight excluding hydrogens is 549 g/mol. The van der Waals surface area contributed by atoms with E-state index >= 15 is 0 Å². The standard InChI is InChI=1S/C35H41F3N4O/c36-35(37,38)33-6-2-1-4-30(33)24-42-18-3-5-28-11-12-32(22-31(28)25-42)43-21-15-26-13-19-41(20-14-26)23-27-7-9-29(10-8-27)34-39-16-17-40-34/h1-2,4,6-12,22,26H,3,5,13-21,23-25H2,(H,39,40). The van der Waals surface area contributed by atoms with Gasteiger partial charge in [-0.1, -0.05) is 48.5 Å². The third-order valence-corrected chi connectivity index (χ3v) is 9.02. The summed E-state index contributed by atoms with van der Waals surface area (Å²) in [5, 5.41) is 3.33. The highest BCUT2D eigenvalue weighted by molar-refractivity contribution is 5.99. The molecule has 0 aromatic heterocycles. The van der Waals surface area contributed by atoms with Crippen molar-refractivity contribution in [1.82, 2.24) is 15.1 Å². The van der Waals surface area contributed by atoms with E-state index in [1.54, 1.807) is 12.1 Å². The van der Waals surface area contributed by atoms with Gasteiger partial charge < -0.3 is 10.1 Å². The molecule has 3 aromatic carbocycles. The van der Waals surface area contributed by atoms with Gasteiger partial charge in [-0.15, -0.1) is 0 Å². The molecule has 228 valence electrons. The Bertz CT molecular complexity index is 1400. The Balaban J connectivity index is 0.962. The van der Waals surface area contributed by atoms with Crippen molar-refractivity contribution >= 4 is 5.84 Å². The van der Waals surface area contributed by atoms with Gasteiger partial charge in [0.05, 0.1) is 18.7 Å². The minimum Gasteiger partial charge on any atom is -0.494 e. The second-order valence-electron chi connectivity index (χ2n) is 12.1. The molecule has 0 saturated carbocycles. The molecule has 5 nitrogen and oxygen atoms in total. The van der Waals surface area contributed by atoms with Crippen molar-refractivity contribution in [2.75, 3.05) is 39.3 Å². The summed E-state index contributed by atoms with van der Waals surface area (Å²) in [4.78, 5) is 9.18. The highest BCUT2D eigenvalue weighted by atomic mass is 19.4. The molecule has 1 fully saturated rings. The van der Waals surface area contributed by atoms with Gasteiger partial charge in [0.25, 0.3) is 0 Å². The van der Waals surface area contributed by atoms with Crippen LogP contribution >= 0.6 is 0 Å². The maximum atomic E-state index is 13.5. The van der Waals surface area contributed by atoms with Gasteiger partial charge in [-0.05, 0) is 98.1 Å². The lowest BCUT2D eigenvalue weighted by Gasteiger charge is -2.32. The number of aliphatic imine (C=N–C) groups is 1. The van der Waals surface area contributed by atoms with E-state index in [4.69, 9.17) is 4.74 Å². The summed E-state index contributed by atoms with van der Waals surface area (Å²) in [6.45, 7) is 7.35. The van der Waals surface area contributed by atoms with E-state index in [-0.39, 0.29) is 6.54 Å². The van der Waals surface area contributed by atoms with E-state index in [0.29, 0.717) is 24.6 Å². The number of aryl methyl sites for hydroxylation is 1. The summed E-state index contributed by atoms with van der Waals surface area (Å²) in [5.74, 6) is 2.53. The van der Waals surface area contributed by atoms with E-state index in [0.717, 1.165) is 75.7 Å². The summed E-state index contributed by atoms with van der Waals surface area (Å²) in [5.41, 5.74) is 4.73. The number of rotatable bonds is 9. The topological polar surface area (TPSA) is 40.1 Å². The summed E-state index contributed by atoms with van der Waals surface area (Å²) in [6.07, 6.45) is 0.921. The molecule has 0 amide bonds. The van der Waals surface area contributed by atoms with Crippen LogP contribution < -0.4 is 10.1 Å². The lowest BCUT2D eigenvalue weighted by Crippen LogP contribution is -2.33. The smallest absolute Gasteiger partial charge is 0.416 e. The highest BCUT2D eigenvalue weighted by Crippen LogP contribution is 2.33. The van der Waals surface area contributed by atoms with Crippen molar-refractivity contribution in [1.29, 1.82) is 0 Å². The molecule has 0 radical (unpaired) electrons. The van der Waals surface area contributed by atoms with Gasteiger partial charge in [-0.3, -0.25) is 14.8 Å². The second-order valence-corrected chi connectivity index (χ2v) is 12.1. The van der Waals surface area contributed by atoms with Crippen LogP contribution in [0.2, 0.25) is 0 Å². The fraction of sp³-hybridized carbons (Fsp3) is 0.457. The zero-order chi connectivity index (χ0) is 29.6. The lowest BCUT2D eigenvalue weighted by molar-refractivity contribution is -0.138. The predicted molar refractivity (Wildman–Crippen MR) is 164 cm³/mol. The van der Waals surface area contributed by atoms with Gasteiger partial charge in [0.1, 0.15) is 11.6 Å². The maximum Gasteiger partial charge on any atom is 0.416 e. The zero-order valence-electron chi connectivity index (χ0n) is 24.7. The van der Waals surface area contributed by atoms with Crippen molar-refractivity contribution in [2.24, 2.45) is 10.9 Å². The maximum absolute atomic E-state index is 13.5. The van der Waals surface area contributed by atoms with Gasteiger partial charge in [0.2, 0.25) is 0 Å². The third-order valence-electron chi connectivity index (χ3n) is 9.02. The molecule has 3 heterocycles. The Hall–Kier alpha value is -3.36. The van der Waals surface area contributed by atoms with Crippen LogP contribution in [0.3, 0.4) is 0 Å². The quantitative estimate of drug-likeness (QED) is 0.302. The Labute approximate surface area is 252 Å². The SMILES string of the molecule is FC(F)(F)c1ccccc1CN1CCCc2ccc(OCCC3CCN(Cc4ccc(C5=NCCN5)cc4)CC3)cc2C1. The van der Waals surface area contributed by atoms with Gasteiger partial charge in [0.15, 0.2) is 0 Å². The number of nitrogens with zero attached hydrogens (tertiary/aromatic N) is 3. The van der Waals surface area contributed by atoms with Crippen LogP contribution in [0, 0.1) is 5.92 Å². The molecule has 0 aliphatic carbocycles. The number of hydrogen-bond donors (Lipinski definition) is 1. The van der Waals surface area contributed by atoms with E-state index < -0.39 is 11.7 Å². The predicted octanol–water partition coefficient (Wildman–Crippen LogP) is 6.68. The first-order chi connectivity index (χ1) is 20.9. The minimum atomic E-state index is -4.34. The van der Waals surface area contributed by atoms with Gasteiger partial charge in [-0.2, -0.15) is 13.2 Å². The number of fused-ring (bicyclic) bond motifs is 1. The van der Waals surface area contributed by atoms with E-state index in [1.807, 2.05) is 0 Å². The fourth-order valence-electron chi connectivity index (χ4n) is 6.60. The Kier molecular flexibility index (Phi) is 9.34. The molecule has 1 saturated heterocycles. The monoisotopic (exact) mass is 590 g/mol. The number of hydrogen-bond acceptors (Lipinski definition) is 5. The zero-order valence-corrected chi connectivity index (χ0v) is 24.7. The minimum absolute atomic E-state index is 0.289. The molecule has 0 bridgehead atoms. The number of ether oxygens (including phenoxy) is 1. The number of piperidine rings is 1. The van der Waals surface area contributed by atoms with Crippen molar-refractivity contribution in [3.63, 3.8) is 0 Å². The molecule has 3 aromatic rings. The molecule has 0 spiro atoms. The van der Waals surface area contributed by atoms with Crippen LogP contribution in [0.25, 0.3) is 0 Å². The van der Waals surface area contributed by atoms with Crippen LogP contribution in [0.5, 0.6) is 5.75 Å².